The lowest BCUT2D eigenvalue weighted by molar-refractivity contribution is -0.0130. The predicted octanol–water partition coefficient (Wildman–Crippen LogP) is 1.18. The highest BCUT2D eigenvalue weighted by atomic mass is 16.5. The molecule has 13 heavy (non-hydrogen) atoms. The average Bonchev–Trinajstić information content (AvgIpc) is 2.64. The second kappa shape index (κ2) is 6.35. The van der Waals surface area contributed by atoms with Crippen LogP contribution in [0.25, 0.3) is 0 Å². The van der Waals surface area contributed by atoms with Crippen LogP contribution in [-0.2, 0) is 9.47 Å². The minimum Gasteiger partial charge on any atom is -0.376 e. The topological polar surface area (TPSA) is 30.5 Å². The first kappa shape index (κ1) is 11.0. The smallest absolute Gasteiger partial charge is 0.0809 e. The molecule has 0 radical (unpaired) electrons. The normalized spacial score (nSPS) is 24.9. The molecule has 0 aliphatic carbocycles. The number of likely N-dealkylation sites (N-methyl/N-ethyl adjacent to an activating group) is 1. The lowest BCUT2D eigenvalue weighted by Gasteiger charge is -2.16. The first-order valence-electron chi connectivity index (χ1n) is 5.27. The molecule has 1 rings (SSSR count). The first-order valence-corrected chi connectivity index (χ1v) is 5.27. The van der Waals surface area contributed by atoms with Gasteiger partial charge in [-0.3, -0.25) is 0 Å². The molecule has 1 aliphatic rings. The molecule has 78 valence electrons. The van der Waals surface area contributed by atoms with Crippen LogP contribution in [0.2, 0.25) is 0 Å². The standard InChI is InChI=1S/C10H21NO2/c1-3-11-7-9(2)13-8-10-5-4-6-12-10/h9-11H,3-8H2,1-2H3. The Kier molecular flexibility index (Phi) is 5.35. The van der Waals surface area contributed by atoms with Crippen molar-refractivity contribution in [1.82, 2.24) is 5.32 Å². The maximum Gasteiger partial charge on any atom is 0.0809 e. The number of ether oxygens (including phenoxy) is 2. The SMILES string of the molecule is CCNCC(C)OCC1CCCO1. The summed E-state index contributed by atoms with van der Waals surface area (Å²) in [6.07, 6.45) is 3.00. The van der Waals surface area contributed by atoms with Crippen LogP contribution in [0.1, 0.15) is 26.7 Å². The molecule has 3 nitrogen and oxygen atoms in total. The molecule has 0 aromatic rings. The summed E-state index contributed by atoms with van der Waals surface area (Å²) in [7, 11) is 0. The van der Waals surface area contributed by atoms with Crippen molar-refractivity contribution in [1.29, 1.82) is 0 Å². The Morgan fingerprint density at radius 3 is 3.08 bits per heavy atom. The van der Waals surface area contributed by atoms with Crippen molar-refractivity contribution in [2.24, 2.45) is 0 Å². The van der Waals surface area contributed by atoms with Crippen LogP contribution in [0.4, 0.5) is 0 Å². The van der Waals surface area contributed by atoms with Crippen LogP contribution in [0.15, 0.2) is 0 Å². The van der Waals surface area contributed by atoms with Crippen molar-refractivity contribution in [3.8, 4) is 0 Å². The Morgan fingerprint density at radius 2 is 2.46 bits per heavy atom. The van der Waals surface area contributed by atoms with Gasteiger partial charge >= 0.3 is 0 Å². The van der Waals surface area contributed by atoms with E-state index in [0.29, 0.717) is 12.2 Å². The molecule has 0 saturated carbocycles. The molecule has 0 aromatic carbocycles. The Bertz CT molecular complexity index is 124. The Balaban J connectivity index is 1.97. The van der Waals surface area contributed by atoms with Gasteiger partial charge in [0.1, 0.15) is 0 Å². The Labute approximate surface area is 80.8 Å². The summed E-state index contributed by atoms with van der Waals surface area (Å²) in [5, 5.41) is 3.26. The lowest BCUT2D eigenvalue weighted by Crippen LogP contribution is -2.29. The molecule has 0 bridgehead atoms. The highest BCUT2D eigenvalue weighted by Gasteiger charge is 2.16. The third-order valence-electron chi connectivity index (χ3n) is 2.27. The molecule has 1 aliphatic heterocycles. The molecule has 1 saturated heterocycles. The molecule has 1 heterocycles. The van der Waals surface area contributed by atoms with E-state index in [-0.39, 0.29) is 0 Å². The van der Waals surface area contributed by atoms with E-state index < -0.39 is 0 Å². The molecular weight excluding hydrogens is 166 g/mol. The summed E-state index contributed by atoms with van der Waals surface area (Å²) in [6.45, 7) is 7.81. The van der Waals surface area contributed by atoms with Gasteiger partial charge in [0.25, 0.3) is 0 Å². The van der Waals surface area contributed by atoms with Gasteiger partial charge in [-0.1, -0.05) is 6.92 Å². The van der Waals surface area contributed by atoms with E-state index in [1.807, 2.05) is 0 Å². The van der Waals surface area contributed by atoms with Crippen LogP contribution in [0, 0.1) is 0 Å². The summed E-state index contributed by atoms with van der Waals surface area (Å²) in [5.41, 5.74) is 0. The summed E-state index contributed by atoms with van der Waals surface area (Å²) in [6, 6.07) is 0. The molecular formula is C10H21NO2. The average molecular weight is 187 g/mol. The predicted molar refractivity (Wildman–Crippen MR) is 52.9 cm³/mol. The second-order valence-electron chi connectivity index (χ2n) is 3.59. The van der Waals surface area contributed by atoms with Crippen LogP contribution in [0.5, 0.6) is 0 Å². The van der Waals surface area contributed by atoms with Crippen LogP contribution in [-0.4, -0.2) is 38.5 Å². The van der Waals surface area contributed by atoms with Crippen LogP contribution >= 0.6 is 0 Å². The largest absolute Gasteiger partial charge is 0.376 e. The molecule has 2 unspecified atom stereocenters. The highest BCUT2D eigenvalue weighted by Crippen LogP contribution is 2.12. The summed E-state index contributed by atoms with van der Waals surface area (Å²) < 4.78 is 11.1. The van der Waals surface area contributed by atoms with Crippen molar-refractivity contribution in [3.63, 3.8) is 0 Å². The van der Waals surface area contributed by atoms with Gasteiger partial charge in [-0.15, -0.1) is 0 Å². The van der Waals surface area contributed by atoms with Gasteiger partial charge in [0, 0.05) is 13.2 Å². The summed E-state index contributed by atoms with van der Waals surface area (Å²) >= 11 is 0. The zero-order chi connectivity index (χ0) is 9.52. The van der Waals surface area contributed by atoms with Crippen molar-refractivity contribution < 1.29 is 9.47 Å². The molecule has 1 N–H and O–H groups in total. The minimum absolute atomic E-state index is 0.296. The highest BCUT2D eigenvalue weighted by molar-refractivity contribution is 4.65. The van der Waals surface area contributed by atoms with E-state index in [2.05, 4.69) is 19.2 Å². The van der Waals surface area contributed by atoms with Gasteiger partial charge < -0.3 is 14.8 Å². The molecule has 2 atom stereocenters. The number of nitrogens with one attached hydrogen (secondary N) is 1. The second-order valence-corrected chi connectivity index (χ2v) is 3.59. The fourth-order valence-corrected chi connectivity index (χ4v) is 1.45. The number of hydrogen-bond donors (Lipinski definition) is 1. The van der Waals surface area contributed by atoms with Gasteiger partial charge in [0.2, 0.25) is 0 Å². The minimum atomic E-state index is 0.296. The number of hydrogen-bond acceptors (Lipinski definition) is 3. The zero-order valence-electron chi connectivity index (χ0n) is 8.71. The van der Waals surface area contributed by atoms with Crippen molar-refractivity contribution in [2.75, 3.05) is 26.3 Å². The van der Waals surface area contributed by atoms with Gasteiger partial charge in [0.05, 0.1) is 18.8 Å². The van der Waals surface area contributed by atoms with Crippen molar-refractivity contribution >= 4 is 0 Å². The molecule has 0 spiro atoms. The monoisotopic (exact) mass is 187 g/mol. The zero-order valence-corrected chi connectivity index (χ0v) is 8.71. The molecule has 0 aromatic heterocycles. The van der Waals surface area contributed by atoms with Crippen molar-refractivity contribution in [2.45, 2.75) is 38.9 Å². The van der Waals surface area contributed by atoms with Crippen LogP contribution < -0.4 is 5.32 Å². The van der Waals surface area contributed by atoms with Crippen molar-refractivity contribution in [3.05, 3.63) is 0 Å². The maximum atomic E-state index is 5.64. The van der Waals surface area contributed by atoms with Crippen LogP contribution in [0.3, 0.4) is 0 Å². The molecule has 0 amide bonds. The quantitative estimate of drug-likeness (QED) is 0.677. The Hall–Kier alpha value is -0.120. The third-order valence-corrected chi connectivity index (χ3v) is 2.27. The molecule has 3 heteroatoms. The molecule has 1 fully saturated rings. The first-order chi connectivity index (χ1) is 6.33. The fraction of sp³-hybridized carbons (Fsp3) is 1.00. The van der Waals surface area contributed by atoms with E-state index in [0.717, 1.165) is 32.7 Å². The maximum absolute atomic E-state index is 5.64. The lowest BCUT2D eigenvalue weighted by atomic mass is 10.2. The van der Waals surface area contributed by atoms with Gasteiger partial charge in [0.15, 0.2) is 0 Å². The van der Waals surface area contributed by atoms with Gasteiger partial charge in [-0.2, -0.15) is 0 Å². The van der Waals surface area contributed by atoms with Gasteiger partial charge in [-0.25, -0.2) is 0 Å². The van der Waals surface area contributed by atoms with E-state index in [4.69, 9.17) is 9.47 Å². The van der Waals surface area contributed by atoms with E-state index in [1.54, 1.807) is 0 Å². The fourth-order valence-electron chi connectivity index (χ4n) is 1.45. The Morgan fingerprint density at radius 1 is 1.62 bits per heavy atom. The van der Waals surface area contributed by atoms with E-state index in [1.165, 1.54) is 6.42 Å². The van der Waals surface area contributed by atoms with Gasteiger partial charge in [-0.05, 0) is 26.3 Å². The summed E-state index contributed by atoms with van der Waals surface area (Å²) in [5.74, 6) is 0. The van der Waals surface area contributed by atoms with E-state index in [9.17, 15) is 0 Å². The number of rotatable bonds is 6. The summed E-state index contributed by atoms with van der Waals surface area (Å²) in [4.78, 5) is 0. The third kappa shape index (κ3) is 4.60. The van der Waals surface area contributed by atoms with E-state index >= 15 is 0 Å².